The van der Waals surface area contributed by atoms with Crippen LogP contribution in [0.25, 0.3) is 11.1 Å². The predicted molar refractivity (Wildman–Crippen MR) is 112 cm³/mol. The second-order valence-electron chi connectivity index (χ2n) is 7.52. The SMILES string of the molecule is CC(CCC(=O)O)CNC(=O)CNC(=O)OCC1c2ccccc2-c2ccccc21. The predicted octanol–water partition coefficient (Wildman–Crippen LogP) is 3.14. The van der Waals surface area contributed by atoms with Gasteiger partial charge in [0, 0.05) is 18.9 Å². The lowest BCUT2D eigenvalue weighted by Gasteiger charge is -2.15. The molecule has 3 N–H and O–H groups in total. The average molecular weight is 410 g/mol. The zero-order valence-electron chi connectivity index (χ0n) is 16.9. The molecular weight excluding hydrogens is 384 g/mol. The number of aliphatic carboxylic acids is 1. The van der Waals surface area contributed by atoms with Crippen LogP contribution in [0.5, 0.6) is 0 Å². The lowest BCUT2D eigenvalue weighted by molar-refractivity contribution is -0.137. The Morgan fingerprint density at radius 2 is 1.60 bits per heavy atom. The van der Waals surface area contributed by atoms with E-state index in [-0.39, 0.29) is 37.3 Å². The molecule has 2 amide bonds. The van der Waals surface area contributed by atoms with Crippen molar-refractivity contribution in [1.29, 1.82) is 0 Å². The van der Waals surface area contributed by atoms with E-state index in [4.69, 9.17) is 9.84 Å². The van der Waals surface area contributed by atoms with Crippen LogP contribution in [0.3, 0.4) is 0 Å². The lowest BCUT2D eigenvalue weighted by Crippen LogP contribution is -2.39. The van der Waals surface area contributed by atoms with Gasteiger partial charge in [-0.3, -0.25) is 9.59 Å². The largest absolute Gasteiger partial charge is 0.481 e. The number of alkyl carbamates (subject to hydrolysis) is 1. The molecule has 7 nitrogen and oxygen atoms in total. The molecule has 0 heterocycles. The summed E-state index contributed by atoms with van der Waals surface area (Å²) in [4.78, 5) is 34.5. The number of amides is 2. The Kier molecular flexibility index (Phi) is 7.06. The number of fused-ring (bicyclic) bond motifs is 3. The Morgan fingerprint density at radius 3 is 2.20 bits per heavy atom. The van der Waals surface area contributed by atoms with Crippen molar-refractivity contribution in [1.82, 2.24) is 10.6 Å². The third kappa shape index (κ3) is 5.37. The van der Waals surface area contributed by atoms with Gasteiger partial charge in [-0.05, 0) is 34.6 Å². The third-order valence-corrected chi connectivity index (χ3v) is 5.24. The first-order valence-electron chi connectivity index (χ1n) is 10.0. The smallest absolute Gasteiger partial charge is 0.407 e. The number of nitrogens with one attached hydrogen (secondary N) is 2. The van der Waals surface area contributed by atoms with E-state index in [1.165, 1.54) is 0 Å². The van der Waals surface area contributed by atoms with Crippen LogP contribution >= 0.6 is 0 Å². The Morgan fingerprint density at radius 1 is 1.00 bits per heavy atom. The molecule has 0 saturated carbocycles. The summed E-state index contributed by atoms with van der Waals surface area (Å²) in [5.74, 6) is -1.19. The van der Waals surface area contributed by atoms with Crippen LogP contribution in [0.1, 0.15) is 36.8 Å². The Hall–Kier alpha value is -3.35. The van der Waals surface area contributed by atoms with E-state index in [2.05, 4.69) is 22.8 Å². The molecule has 1 unspecified atom stereocenters. The first kappa shape index (κ1) is 21.4. The van der Waals surface area contributed by atoms with Crippen molar-refractivity contribution in [2.45, 2.75) is 25.7 Å². The maximum absolute atomic E-state index is 12.1. The van der Waals surface area contributed by atoms with Gasteiger partial charge in [-0.25, -0.2) is 4.79 Å². The lowest BCUT2D eigenvalue weighted by atomic mass is 9.98. The molecule has 2 aromatic carbocycles. The molecule has 0 aliphatic heterocycles. The van der Waals surface area contributed by atoms with Crippen molar-refractivity contribution in [3.05, 3.63) is 59.7 Å². The minimum atomic E-state index is -0.856. The van der Waals surface area contributed by atoms with Crippen LogP contribution in [0, 0.1) is 5.92 Å². The highest BCUT2D eigenvalue weighted by atomic mass is 16.5. The quantitative estimate of drug-likeness (QED) is 0.589. The fourth-order valence-corrected chi connectivity index (χ4v) is 3.62. The molecule has 0 fully saturated rings. The summed E-state index contributed by atoms with van der Waals surface area (Å²) in [7, 11) is 0. The Balaban J connectivity index is 1.44. The first-order valence-corrected chi connectivity index (χ1v) is 10.0. The maximum Gasteiger partial charge on any atom is 0.407 e. The number of hydrogen-bond acceptors (Lipinski definition) is 4. The van der Waals surface area contributed by atoms with E-state index in [0.717, 1.165) is 22.3 Å². The molecule has 3 rings (SSSR count). The molecule has 30 heavy (non-hydrogen) atoms. The summed E-state index contributed by atoms with van der Waals surface area (Å²) >= 11 is 0. The molecule has 0 bridgehead atoms. The first-order chi connectivity index (χ1) is 14.5. The highest BCUT2D eigenvalue weighted by Crippen LogP contribution is 2.44. The number of carboxylic acids is 1. The normalized spacial score (nSPS) is 13.1. The summed E-state index contributed by atoms with van der Waals surface area (Å²) < 4.78 is 5.39. The minimum absolute atomic E-state index is 0.0351. The summed E-state index contributed by atoms with van der Waals surface area (Å²) in [5.41, 5.74) is 4.55. The van der Waals surface area contributed by atoms with Gasteiger partial charge in [-0.15, -0.1) is 0 Å². The molecule has 0 radical (unpaired) electrons. The molecule has 0 spiro atoms. The van der Waals surface area contributed by atoms with Gasteiger partial charge >= 0.3 is 12.1 Å². The zero-order valence-corrected chi connectivity index (χ0v) is 16.9. The number of carboxylic acid groups (broad SMARTS) is 1. The second-order valence-corrected chi connectivity index (χ2v) is 7.52. The molecule has 158 valence electrons. The zero-order chi connectivity index (χ0) is 21.5. The van der Waals surface area contributed by atoms with E-state index in [0.29, 0.717) is 13.0 Å². The van der Waals surface area contributed by atoms with Crippen LogP contribution in [-0.4, -0.2) is 42.8 Å². The Labute approximate surface area is 175 Å². The number of hydrogen-bond donors (Lipinski definition) is 3. The molecular formula is C23H26N2O5. The van der Waals surface area contributed by atoms with Gasteiger partial charge < -0.3 is 20.5 Å². The maximum atomic E-state index is 12.1. The monoisotopic (exact) mass is 410 g/mol. The van der Waals surface area contributed by atoms with Crippen LogP contribution in [0.15, 0.2) is 48.5 Å². The Bertz CT molecular complexity index is 882. The van der Waals surface area contributed by atoms with E-state index < -0.39 is 12.1 Å². The number of rotatable bonds is 9. The van der Waals surface area contributed by atoms with Gasteiger partial charge in [0.15, 0.2) is 0 Å². The van der Waals surface area contributed by atoms with Gasteiger partial charge in [-0.1, -0.05) is 55.5 Å². The van der Waals surface area contributed by atoms with Gasteiger partial charge in [0.2, 0.25) is 5.91 Å². The van der Waals surface area contributed by atoms with Crippen molar-refractivity contribution in [2.75, 3.05) is 19.7 Å². The van der Waals surface area contributed by atoms with Crippen molar-refractivity contribution < 1.29 is 24.2 Å². The fourth-order valence-electron chi connectivity index (χ4n) is 3.62. The standard InChI is InChI=1S/C23H26N2O5/c1-15(10-11-22(27)28)12-24-21(26)13-25-23(29)30-14-20-18-8-4-2-6-16(18)17-7-3-5-9-19(17)20/h2-9,15,20H,10-14H2,1H3,(H,24,26)(H,25,29)(H,27,28). The minimum Gasteiger partial charge on any atom is -0.481 e. The number of carbonyl (C=O) groups excluding carboxylic acids is 2. The molecule has 0 saturated heterocycles. The number of benzene rings is 2. The van der Waals surface area contributed by atoms with Crippen molar-refractivity contribution in [3.63, 3.8) is 0 Å². The molecule has 1 aliphatic carbocycles. The van der Waals surface area contributed by atoms with E-state index >= 15 is 0 Å². The van der Waals surface area contributed by atoms with Gasteiger partial charge in [0.05, 0.1) is 6.54 Å². The fraction of sp³-hybridized carbons (Fsp3) is 0.348. The molecule has 0 aromatic heterocycles. The summed E-state index contributed by atoms with van der Waals surface area (Å²) in [6.45, 7) is 2.22. The van der Waals surface area contributed by atoms with Gasteiger partial charge in [-0.2, -0.15) is 0 Å². The van der Waals surface area contributed by atoms with Gasteiger partial charge in [0.1, 0.15) is 6.61 Å². The van der Waals surface area contributed by atoms with Crippen molar-refractivity contribution in [2.24, 2.45) is 5.92 Å². The van der Waals surface area contributed by atoms with Crippen LogP contribution in [-0.2, 0) is 14.3 Å². The van der Waals surface area contributed by atoms with Crippen LogP contribution in [0.2, 0.25) is 0 Å². The summed E-state index contributed by atoms with van der Waals surface area (Å²) in [6, 6.07) is 16.1. The highest BCUT2D eigenvalue weighted by molar-refractivity contribution is 5.82. The molecule has 2 aromatic rings. The van der Waals surface area contributed by atoms with E-state index in [1.54, 1.807) is 0 Å². The average Bonchev–Trinajstić information content (AvgIpc) is 3.07. The van der Waals surface area contributed by atoms with Crippen molar-refractivity contribution >= 4 is 18.0 Å². The van der Waals surface area contributed by atoms with Gasteiger partial charge in [0.25, 0.3) is 0 Å². The third-order valence-electron chi connectivity index (χ3n) is 5.24. The highest BCUT2D eigenvalue weighted by Gasteiger charge is 2.29. The van der Waals surface area contributed by atoms with E-state index in [9.17, 15) is 14.4 Å². The van der Waals surface area contributed by atoms with E-state index in [1.807, 2.05) is 43.3 Å². The molecule has 7 heteroatoms. The molecule has 1 atom stereocenters. The number of ether oxygens (including phenoxy) is 1. The second kappa shape index (κ2) is 9.91. The van der Waals surface area contributed by atoms with Crippen LogP contribution in [0.4, 0.5) is 4.79 Å². The van der Waals surface area contributed by atoms with Crippen molar-refractivity contribution in [3.8, 4) is 11.1 Å². The molecule has 1 aliphatic rings. The topological polar surface area (TPSA) is 105 Å². The summed E-state index contributed by atoms with van der Waals surface area (Å²) in [6.07, 6.45) is -0.101. The summed E-state index contributed by atoms with van der Waals surface area (Å²) in [5, 5.41) is 13.8. The number of carbonyl (C=O) groups is 3. The van der Waals surface area contributed by atoms with Crippen LogP contribution < -0.4 is 10.6 Å².